The van der Waals surface area contributed by atoms with Gasteiger partial charge in [0, 0.05) is 0 Å². The van der Waals surface area contributed by atoms with Crippen molar-refractivity contribution in [1.82, 2.24) is 0 Å². The predicted octanol–water partition coefficient (Wildman–Crippen LogP) is 0.759. The zero-order valence-corrected chi connectivity index (χ0v) is 3.89. The summed E-state index contributed by atoms with van der Waals surface area (Å²) in [5.41, 5.74) is 0. The van der Waals surface area contributed by atoms with Gasteiger partial charge in [-0.2, -0.15) is 0 Å². The van der Waals surface area contributed by atoms with Crippen LogP contribution in [0.4, 0.5) is 0 Å². The summed E-state index contributed by atoms with van der Waals surface area (Å²) in [5, 5.41) is 8.09. The summed E-state index contributed by atoms with van der Waals surface area (Å²) in [4.78, 5) is 0. The lowest BCUT2D eigenvalue weighted by Crippen LogP contribution is -1.67. The number of hydrogen-bond acceptors (Lipinski definition) is 1. The largest absolute Gasteiger partial charge is 0.392 e. The van der Waals surface area contributed by atoms with E-state index in [9.17, 15) is 0 Å². The minimum absolute atomic E-state index is 0.143. The first-order valence-electron chi connectivity index (χ1n) is 1.97. The molecule has 1 heteroatoms. The molecule has 0 spiro atoms. The molecule has 0 aliphatic carbocycles. The van der Waals surface area contributed by atoms with Crippen LogP contribution in [0.5, 0.6) is 0 Å². The monoisotopic (exact) mass is 85.1 g/mol. The third-order valence-electron chi connectivity index (χ3n) is 0.434. The molecule has 1 nitrogen and oxygen atoms in total. The number of hydrogen-bond donors (Lipinski definition) is 1. The summed E-state index contributed by atoms with van der Waals surface area (Å²) < 4.78 is 0. The summed E-state index contributed by atoms with van der Waals surface area (Å²) in [7, 11) is 0. The van der Waals surface area contributed by atoms with E-state index in [0.717, 1.165) is 0 Å². The molecule has 0 amide bonds. The molecule has 0 aliphatic heterocycles. The minimum atomic E-state index is 0.143. The van der Waals surface area contributed by atoms with Crippen molar-refractivity contribution in [2.75, 3.05) is 6.61 Å². The number of rotatable bonds is 2. The highest BCUT2D eigenvalue weighted by Gasteiger charge is 1.61. The Balaban J connectivity index is 2.73. The fraction of sp³-hybridized carbons (Fsp3) is 0.400. The van der Waals surface area contributed by atoms with Crippen molar-refractivity contribution in [1.29, 1.82) is 0 Å². The lowest BCUT2D eigenvalue weighted by Gasteiger charge is -1.72. The molecule has 0 atom stereocenters. The van der Waals surface area contributed by atoms with Gasteiger partial charge in [0.05, 0.1) is 6.61 Å². The Bertz CT molecular complexity index is 33.2. The molecule has 0 rings (SSSR count). The van der Waals surface area contributed by atoms with E-state index >= 15 is 0 Å². The first kappa shape index (κ1) is 5.70. The molecule has 6 heavy (non-hydrogen) atoms. The second-order valence-corrected chi connectivity index (χ2v) is 0.944. The van der Waals surface area contributed by atoms with E-state index in [1.165, 1.54) is 0 Å². The third kappa shape index (κ3) is 3.70. The topological polar surface area (TPSA) is 20.2 Å². The van der Waals surface area contributed by atoms with Crippen LogP contribution < -0.4 is 0 Å². The van der Waals surface area contributed by atoms with E-state index in [0.29, 0.717) is 0 Å². The highest BCUT2D eigenvalue weighted by Crippen LogP contribution is 1.73. The zero-order chi connectivity index (χ0) is 4.83. The average molecular weight is 85.1 g/mol. The maximum absolute atomic E-state index is 8.09. The molecule has 0 heterocycles. The first-order chi connectivity index (χ1) is 2.91. The van der Waals surface area contributed by atoms with Crippen LogP contribution >= 0.6 is 0 Å². The smallest absolute Gasteiger partial charge is 0.0612 e. The van der Waals surface area contributed by atoms with E-state index in [-0.39, 0.29) is 6.61 Å². The predicted molar refractivity (Wildman–Crippen MR) is 26.2 cm³/mol. The molecule has 35 valence electrons. The van der Waals surface area contributed by atoms with Crippen LogP contribution in [0.3, 0.4) is 0 Å². The molecule has 0 unspecified atom stereocenters. The molecular formula is C5H9O. The van der Waals surface area contributed by atoms with Crippen molar-refractivity contribution < 1.29 is 5.11 Å². The normalized spacial score (nSPS) is 10.3. The van der Waals surface area contributed by atoms with Crippen molar-refractivity contribution in [2.24, 2.45) is 0 Å². The number of allylic oxidation sites excluding steroid dienone is 1. The van der Waals surface area contributed by atoms with Crippen molar-refractivity contribution in [3.05, 3.63) is 18.6 Å². The summed E-state index contributed by atoms with van der Waals surface area (Å²) in [5.74, 6) is 0. The second kappa shape index (κ2) is 4.70. The van der Waals surface area contributed by atoms with E-state index in [1.807, 2.05) is 13.3 Å². The molecule has 0 aliphatic rings. The van der Waals surface area contributed by atoms with Crippen LogP contribution in [0.25, 0.3) is 0 Å². The molecular weight excluding hydrogens is 76.1 g/mol. The maximum atomic E-state index is 8.09. The SMILES string of the molecule is C[CH]C=CCO. The minimum Gasteiger partial charge on any atom is -0.392 e. The zero-order valence-electron chi connectivity index (χ0n) is 3.89. The summed E-state index contributed by atoms with van der Waals surface area (Å²) in [6.07, 6.45) is 5.36. The Labute approximate surface area is 38.3 Å². The highest BCUT2D eigenvalue weighted by molar-refractivity contribution is 4.90. The van der Waals surface area contributed by atoms with Gasteiger partial charge < -0.3 is 5.11 Å². The summed E-state index contributed by atoms with van der Waals surface area (Å²) in [6, 6.07) is 0. The van der Waals surface area contributed by atoms with Gasteiger partial charge in [-0.3, -0.25) is 0 Å². The Hall–Kier alpha value is -0.300. The van der Waals surface area contributed by atoms with Crippen LogP contribution in [-0.2, 0) is 0 Å². The van der Waals surface area contributed by atoms with E-state index in [1.54, 1.807) is 12.2 Å². The molecule has 0 fully saturated rings. The van der Waals surface area contributed by atoms with Crippen molar-refractivity contribution in [2.45, 2.75) is 6.92 Å². The van der Waals surface area contributed by atoms with Crippen LogP contribution in [0.15, 0.2) is 12.2 Å². The summed E-state index contributed by atoms with van der Waals surface area (Å²) in [6.45, 7) is 2.05. The van der Waals surface area contributed by atoms with Crippen LogP contribution in [-0.4, -0.2) is 11.7 Å². The molecule has 0 saturated carbocycles. The molecule has 0 aromatic carbocycles. The Kier molecular flexibility index (Phi) is 4.46. The molecule has 0 aromatic heterocycles. The van der Waals surface area contributed by atoms with Crippen LogP contribution in [0.2, 0.25) is 0 Å². The average Bonchev–Trinajstić information content (AvgIpc) is 1.61. The molecule has 0 aromatic rings. The number of aliphatic hydroxyl groups is 1. The first-order valence-corrected chi connectivity index (χ1v) is 1.97. The molecule has 0 saturated heterocycles. The maximum Gasteiger partial charge on any atom is 0.0612 e. The second-order valence-electron chi connectivity index (χ2n) is 0.944. The van der Waals surface area contributed by atoms with Crippen LogP contribution in [0, 0.1) is 6.42 Å². The van der Waals surface area contributed by atoms with Gasteiger partial charge in [0.15, 0.2) is 0 Å². The van der Waals surface area contributed by atoms with Gasteiger partial charge in [-0.1, -0.05) is 19.1 Å². The standard InChI is InChI=1S/C5H9O/c1-2-3-4-5-6/h2-4,6H,5H2,1H3. The third-order valence-corrected chi connectivity index (χ3v) is 0.434. The lowest BCUT2D eigenvalue weighted by atomic mass is 10.4. The fourth-order valence-electron chi connectivity index (χ4n) is 0.197. The highest BCUT2D eigenvalue weighted by atomic mass is 16.2. The van der Waals surface area contributed by atoms with Gasteiger partial charge in [-0.25, -0.2) is 0 Å². The Morgan fingerprint density at radius 1 is 1.67 bits per heavy atom. The summed E-state index contributed by atoms with van der Waals surface area (Å²) >= 11 is 0. The van der Waals surface area contributed by atoms with Gasteiger partial charge >= 0.3 is 0 Å². The van der Waals surface area contributed by atoms with E-state index < -0.39 is 0 Å². The Morgan fingerprint density at radius 3 is 2.50 bits per heavy atom. The molecule has 1 N–H and O–H groups in total. The quantitative estimate of drug-likeness (QED) is 0.524. The van der Waals surface area contributed by atoms with Crippen molar-refractivity contribution in [3.63, 3.8) is 0 Å². The van der Waals surface area contributed by atoms with Gasteiger partial charge in [-0.15, -0.1) is 0 Å². The Morgan fingerprint density at radius 2 is 2.33 bits per heavy atom. The van der Waals surface area contributed by atoms with Crippen molar-refractivity contribution in [3.8, 4) is 0 Å². The number of aliphatic hydroxyl groups excluding tert-OH is 1. The van der Waals surface area contributed by atoms with E-state index in [2.05, 4.69) is 0 Å². The molecule has 0 bridgehead atoms. The lowest BCUT2D eigenvalue weighted by molar-refractivity contribution is 0.342. The van der Waals surface area contributed by atoms with Crippen LogP contribution in [0.1, 0.15) is 6.92 Å². The van der Waals surface area contributed by atoms with Gasteiger partial charge in [-0.05, 0) is 6.42 Å². The van der Waals surface area contributed by atoms with Gasteiger partial charge in [0.2, 0.25) is 0 Å². The van der Waals surface area contributed by atoms with E-state index in [4.69, 9.17) is 5.11 Å². The fourth-order valence-corrected chi connectivity index (χ4v) is 0.197. The van der Waals surface area contributed by atoms with Crippen molar-refractivity contribution >= 4 is 0 Å². The molecule has 1 radical (unpaired) electrons. The van der Waals surface area contributed by atoms with Gasteiger partial charge in [0.1, 0.15) is 0 Å². The van der Waals surface area contributed by atoms with Gasteiger partial charge in [0.25, 0.3) is 0 Å².